The molecule has 1 aliphatic rings. The number of hydrogen-bond acceptors (Lipinski definition) is 6. The molecule has 36 heavy (non-hydrogen) atoms. The Balaban J connectivity index is 1.70. The van der Waals surface area contributed by atoms with E-state index in [0.717, 1.165) is 38.5 Å². The Hall–Kier alpha value is -3.09. The second kappa shape index (κ2) is 13.3. The van der Waals surface area contributed by atoms with Gasteiger partial charge < -0.3 is 19.9 Å². The molecule has 3 rings (SSSR count). The molecule has 1 fully saturated rings. The van der Waals surface area contributed by atoms with E-state index in [2.05, 4.69) is 48.4 Å². The summed E-state index contributed by atoms with van der Waals surface area (Å²) < 4.78 is 11.0. The monoisotopic (exact) mass is 496 g/mol. The molecule has 196 valence electrons. The van der Waals surface area contributed by atoms with Crippen molar-refractivity contribution in [3.63, 3.8) is 0 Å². The van der Waals surface area contributed by atoms with Crippen LogP contribution in [0.4, 0.5) is 0 Å². The Morgan fingerprint density at radius 2 is 1.97 bits per heavy atom. The van der Waals surface area contributed by atoms with E-state index in [0.29, 0.717) is 18.3 Å². The van der Waals surface area contributed by atoms with Crippen LogP contribution in [0.15, 0.2) is 42.6 Å². The summed E-state index contributed by atoms with van der Waals surface area (Å²) in [5.41, 5.74) is 1.17. The minimum atomic E-state index is -0.796. The highest BCUT2D eigenvalue weighted by Gasteiger charge is 2.34. The van der Waals surface area contributed by atoms with Gasteiger partial charge in [0.15, 0.2) is 17.2 Å². The van der Waals surface area contributed by atoms with Gasteiger partial charge in [-0.25, -0.2) is 9.78 Å². The first-order valence-corrected chi connectivity index (χ1v) is 13.1. The van der Waals surface area contributed by atoms with E-state index in [4.69, 9.17) is 9.47 Å². The number of esters is 1. The summed E-state index contributed by atoms with van der Waals surface area (Å²) in [6.07, 6.45) is 7.58. The zero-order valence-electron chi connectivity index (χ0n) is 21.9. The number of nitrogens with zero attached hydrogens (tertiary/aromatic N) is 1. The number of aromatic nitrogens is 1. The molecule has 0 radical (unpaired) electrons. The van der Waals surface area contributed by atoms with Gasteiger partial charge in [0.25, 0.3) is 5.91 Å². The van der Waals surface area contributed by atoms with E-state index >= 15 is 0 Å². The molecule has 2 aromatic rings. The lowest BCUT2D eigenvalue weighted by molar-refractivity contribution is -0.154. The number of aryl methyl sites for hydroxylation is 1. The SMILES string of the molecule is COc1ccnc(C(=O)N[C@H]2CCC[C@H](CCCc3ccccc3)C(CC(C)C)[C@H](C)OC2=O)c1O. The van der Waals surface area contributed by atoms with Crippen LogP contribution in [-0.4, -0.2) is 41.2 Å². The quantitative estimate of drug-likeness (QED) is 0.457. The van der Waals surface area contributed by atoms with Crippen molar-refractivity contribution < 1.29 is 24.2 Å². The van der Waals surface area contributed by atoms with Crippen molar-refractivity contribution >= 4 is 11.9 Å². The van der Waals surface area contributed by atoms with Gasteiger partial charge in [-0.3, -0.25) is 4.79 Å². The Morgan fingerprint density at radius 1 is 1.22 bits per heavy atom. The fraction of sp³-hybridized carbons (Fsp3) is 0.552. The third-order valence-electron chi connectivity index (χ3n) is 7.12. The van der Waals surface area contributed by atoms with Crippen molar-refractivity contribution in [3.05, 3.63) is 53.9 Å². The summed E-state index contributed by atoms with van der Waals surface area (Å²) in [6.45, 7) is 6.40. The van der Waals surface area contributed by atoms with Gasteiger partial charge >= 0.3 is 5.97 Å². The molecule has 1 saturated heterocycles. The van der Waals surface area contributed by atoms with E-state index in [1.807, 2.05) is 13.0 Å². The van der Waals surface area contributed by atoms with Crippen molar-refractivity contribution in [2.45, 2.75) is 77.9 Å². The van der Waals surface area contributed by atoms with Gasteiger partial charge in [-0.05, 0) is 68.8 Å². The van der Waals surface area contributed by atoms with E-state index in [9.17, 15) is 14.7 Å². The number of rotatable bonds is 9. The average molecular weight is 497 g/mol. The maximum Gasteiger partial charge on any atom is 0.328 e. The maximum absolute atomic E-state index is 13.1. The van der Waals surface area contributed by atoms with Gasteiger partial charge in [0.1, 0.15) is 12.1 Å². The molecule has 0 aliphatic carbocycles. The van der Waals surface area contributed by atoms with Crippen LogP contribution in [0, 0.1) is 17.8 Å². The molecular weight excluding hydrogens is 456 g/mol. The summed E-state index contributed by atoms with van der Waals surface area (Å²) in [4.78, 5) is 29.9. The fourth-order valence-electron chi connectivity index (χ4n) is 5.28. The van der Waals surface area contributed by atoms with Crippen LogP contribution in [0.3, 0.4) is 0 Å². The Labute approximate surface area is 214 Å². The molecule has 2 heterocycles. The van der Waals surface area contributed by atoms with Crippen LogP contribution in [0.5, 0.6) is 11.5 Å². The molecule has 0 bridgehead atoms. The topological polar surface area (TPSA) is 97.8 Å². The van der Waals surface area contributed by atoms with Gasteiger partial charge in [-0.1, -0.05) is 50.6 Å². The van der Waals surface area contributed by atoms with Crippen molar-refractivity contribution in [1.29, 1.82) is 0 Å². The van der Waals surface area contributed by atoms with Crippen molar-refractivity contribution in [1.82, 2.24) is 10.3 Å². The highest BCUT2D eigenvalue weighted by Crippen LogP contribution is 2.35. The number of hydrogen-bond donors (Lipinski definition) is 2. The van der Waals surface area contributed by atoms with Gasteiger partial charge in [-0.2, -0.15) is 0 Å². The largest absolute Gasteiger partial charge is 0.503 e. The Bertz CT molecular complexity index is 994. The summed E-state index contributed by atoms with van der Waals surface area (Å²) in [5, 5.41) is 13.0. The predicted octanol–water partition coefficient (Wildman–Crippen LogP) is 5.31. The van der Waals surface area contributed by atoms with Crippen LogP contribution >= 0.6 is 0 Å². The zero-order valence-corrected chi connectivity index (χ0v) is 21.9. The molecule has 7 heteroatoms. The fourth-order valence-corrected chi connectivity index (χ4v) is 5.28. The highest BCUT2D eigenvalue weighted by molar-refractivity contribution is 5.97. The smallest absolute Gasteiger partial charge is 0.328 e. The summed E-state index contributed by atoms with van der Waals surface area (Å²) >= 11 is 0. The van der Waals surface area contributed by atoms with E-state index < -0.39 is 17.9 Å². The van der Waals surface area contributed by atoms with Crippen LogP contribution in [0.2, 0.25) is 0 Å². The first-order chi connectivity index (χ1) is 17.3. The summed E-state index contributed by atoms with van der Waals surface area (Å²) in [6, 6.07) is 11.2. The van der Waals surface area contributed by atoms with Crippen LogP contribution < -0.4 is 10.1 Å². The molecule has 0 spiro atoms. The third-order valence-corrected chi connectivity index (χ3v) is 7.12. The number of amides is 1. The molecule has 1 aromatic heterocycles. The van der Waals surface area contributed by atoms with E-state index in [-0.39, 0.29) is 29.2 Å². The number of nitrogens with one attached hydrogen (secondary N) is 1. The molecule has 1 aromatic carbocycles. The van der Waals surface area contributed by atoms with Gasteiger partial charge in [-0.15, -0.1) is 0 Å². The number of methoxy groups -OCH3 is 1. The number of pyridine rings is 1. The Kier molecular flexibility index (Phi) is 10.1. The molecule has 0 saturated carbocycles. The maximum atomic E-state index is 13.1. The standard InChI is InChI=1S/C29H40N2O5/c1-19(2)18-23-20(3)36-29(34)24(31-28(33)26-27(32)25(35-4)16-17-30-26)15-9-14-22(23)13-8-12-21-10-6-5-7-11-21/h5-7,10-11,16-17,19-20,22-24,32H,8-9,12-15,18H2,1-4H3,(H,31,33)/t20-,22-,23?,24-/m0/s1. The van der Waals surface area contributed by atoms with Gasteiger partial charge in [0.05, 0.1) is 7.11 Å². The van der Waals surface area contributed by atoms with E-state index in [1.54, 1.807) is 0 Å². The minimum absolute atomic E-state index is 0.149. The summed E-state index contributed by atoms with van der Waals surface area (Å²) in [7, 11) is 1.40. The first kappa shape index (κ1) is 27.5. The second-order valence-electron chi connectivity index (χ2n) is 10.2. The van der Waals surface area contributed by atoms with Crippen LogP contribution in [0.25, 0.3) is 0 Å². The molecule has 4 atom stereocenters. The zero-order chi connectivity index (χ0) is 26.1. The molecule has 1 amide bonds. The third kappa shape index (κ3) is 7.45. The predicted molar refractivity (Wildman–Crippen MR) is 139 cm³/mol. The Morgan fingerprint density at radius 3 is 2.67 bits per heavy atom. The molecule has 7 nitrogen and oxygen atoms in total. The number of cyclic esters (lactones) is 1. The normalized spacial score (nSPS) is 22.8. The van der Waals surface area contributed by atoms with Gasteiger partial charge in [0, 0.05) is 12.3 Å². The van der Waals surface area contributed by atoms with Crippen molar-refractivity contribution in [3.8, 4) is 11.5 Å². The lowest BCUT2D eigenvalue weighted by atomic mass is 9.77. The first-order valence-electron chi connectivity index (χ1n) is 13.1. The molecule has 2 N–H and O–H groups in total. The molecule has 1 unspecified atom stereocenters. The lowest BCUT2D eigenvalue weighted by Gasteiger charge is -2.32. The number of carbonyl (C=O) groups is 2. The molecular formula is C29H40N2O5. The number of benzene rings is 1. The second-order valence-corrected chi connectivity index (χ2v) is 10.2. The van der Waals surface area contributed by atoms with Gasteiger partial charge in [0.2, 0.25) is 0 Å². The lowest BCUT2D eigenvalue weighted by Crippen LogP contribution is -2.43. The average Bonchev–Trinajstić information content (AvgIpc) is 2.90. The van der Waals surface area contributed by atoms with Crippen molar-refractivity contribution in [2.24, 2.45) is 17.8 Å². The number of ether oxygens (including phenoxy) is 2. The number of carbonyl (C=O) groups excluding carboxylic acids is 2. The molecule has 1 aliphatic heterocycles. The van der Waals surface area contributed by atoms with Crippen molar-refractivity contribution in [2.75, 3.05) is 7.11 Å². The minimum Gasteiger partial charge on any atom is -0.503 e. The van der Waals surface area contributed by atoms with E-state index in [1.165, 1.54) is 24.9 Å². The highest BCUT2D eigenvalue weighted by atomic mass is 16.5. The van der Waals surface area contributed by atoms with Crippen LogP contribution in [0.1, 0.15) is 75.3 Å². The van der Waals surface area contributed by atoms with Crippen LogP contribution in [-0.2, 0) is 16.0 Å². The summed E-state index contributed by atoms with van der Waals surface area (Å²) in [5.74, 6) is -0.0596. The number of aromatic hydroxyl groups is 1.